The minimum atomic E-state index is -1.56. The maximum atomic E-state index is 13.0. The number of rotatable bonds is 16. The third kappa shape index (κ3) is 9.24. The highest BCUT2D eigenvalue weighted by molar-refractivity contribution is 6.48. The molecule has 2 N–H and O–H groups in total. The minimum Gasteiger partial charge on any atom is -0.497 e. The summed E-state index contributed by atoms with van der Waals surface area (Å²) in [7, 11) is 3.16. The van der Waals surface area contributed by atoms with Gasteiger partial charge < -0.3 is 29.4 Å². The molecule has 0 heterocycles. The summed E-state index contributed by atoms with van der Waals surface area (Å²) in [6, 6.07) is 17.6. The van der Waals surface area contributed by atoms with Crippen molar-refractivity contribution >= 4 is 35.0 Å². The maximum Gasteiger partial charge on any atom is 0.394 e. The molecule has 0 saturated heterocycles. The molecular formula is C31H32ClNO9. The SMILES string of the molecule is COc1ccc(COc2ccc(C(=O)C(=O)CCCCCNC(=O)C(=O)O)c(Cl)c2OCc2ccc(OC)cc2)cc1. The van der Waals surface area contributed by atoms with Crippen molar-refractivity contribution in [1.82, 2.24) is 5.32 Å². The summed E-state index contributed by atoms with van der Waals surface area (Å²) in [6.07, 6.45) is 1.33. The number of hydrogen-bond acceptors (Lipinski definition) is 8. The molecular weight excluding hydrogens is 566 g/mol. The Balaban J connectivity index is 1.70. The number of Topliss-reactive ketones (excluding diaryl/α,β-unsaturated/α-hetero) is 2. The fourth-order valence-corrected chi connectivity index (χ4v) is 4.15. The normalized spacial score (nSPS) is 10.5. The third-order valence-electron chi connectivity index (χ3n) is 6.21. The molecule has 0 fully saturated rings. The first-order valence-corrected chi connectivity index (χ1v) is 13.5. The highest BCUT2D eigenvalue weighted by Gasteiger charge is 2.24. The number of nitrogens with one attached hydrogen (secondary N) is 1. The largest absolute Gasteiger partial charge is 0.497 e. The first-order chi connectivity index (χ1) is 20.2. The second-order valence-corrected chi connectivity index (χ2v) is 9.53. The summed E-state index contributed by atoms with van der Waals surface area (Å²) in [5, 5.41) is 10.8. The Hall–Kier alpha value is -4.57. The van der Waals surface area contributed by atoms with Crippen LogP contribution in [0.1, 0.15) is 47.2 Å². The first-order valence-electron chi connectivity index (χ1n) is 13.2. The molecule has 10 nitrogen and oxygen atoms in total. The summed E-state index contributed by atoms with van der Waals surface area (Å²) in [6.45, 7) is 0.469. The van der Waals surface area contributed by atoms with Crippen molar-refractivity contribution in [2.45, 2.75) is 38.9 Å². The van der Waals surface area contributed by atoms with E-state index in [0.717, 1.165) is 11.1 Å². The molecule has 0 spiro atoms. The van der Waals surface area contributed by atoms with E-state index in [1.54, 1.807) is 32.4 Å². The summed E-state index contributed by atoms with van der Waals surface area (Å²) >= 11 is 6.64. The molecule has 3 aromatic carbocycles. The highest BCUT2D eigenvalue weighted by Crippen LogP contribution is 2.39. The number of halogens is 1. The molecule has 0 aliphatic heterocycles. The lowest BCUT2D eigenvalue weighted by Gasteiger charge is -2.16. The van der Waals surface area contributed by atoms with Crippen molar-refractivity contribution in [3.05, 3.63) is 82.4 Å². The Morgan fingerprint density at radius 2 is 1.33 bits per heavy atom. The first kappa shape index (κ1) is 32.0. The van der Waals surface area contributed by atoms with Crippen LogP contribution in [0.25, 0.3) is 0 Å². The van der Waals surface area contributed by atoms with Gasteiger partial charge in [-0.25, -0.2) is 4.79 Å². The van der Waals surface area contributed by atoms with Gasteiger partial charge >= 0.3 is 11.9 Å². The molecule has 222 valence electrons. The number of carbonyl (C=O) groups is 4. The number of benzene rings is 3. The predicted molar refractivity (Wildman–Crippen MR) is 155 cm³/mol. The van der Waals surface area contributed by atoms with Gasteiger partial charge in [0.25, 0.3) is 0 Å². The number of carboxylic acids is 1. The van der Waals surface area contributed by atoms with Crippen molar-refractivity contribution in [2.75, 3.05) is 20.8 Å². The van der Waals surface area contributed by atoms with Crippen molar-refractivity contribution in [3.63, 3.8) is 0 Å². The minimum absolute atomic E-state index is 0.00285. The molecule has 3 rings (SSSR count). The van der Waals surface area contributed by atoms with Crippen LogP contribution >= 0.6 is 11.6 Å². The van der Waals surface area contributed by atoms with Gasteiger partial charge in [0, 0.05) is 18.5 Å². The fourth-order valence-electron chi connectivity index (χ4n) is 3.85. The van der Waals surface area contributed by atoms with E-state index in [-0.39, 0.29) is 42.5 Å². The Bertz CT molecular complexity index is 1390. The van der Waals surface area contributed by atoms with Gasteiger partial charge in [-0.15, -0.1) is 0 Å². The van der Waals surface area contributed by atoms with E-state index < -0.39 is 23.4 Å². The van der Waals surface area contributed by atoms with Crippen LogP contribution in [0.3, 0.4) is 0 Å². The van der Waals surface area contributed by atoms with Crippen molar-refractivity contribution < 1.29 is 43.2 Å². The summed E-state index contributed by atoms with van der Waals surface area (Å²) in [4.78, 5) is 47.3. The summed E-state index contributed by atoms with van der Waals surface area (Å²) in [5.74, 6) is -2.19. The van der Waals surface area contributed by atoms with Crippen LogP contribution in [0, 0.1) is 0 Å². The zero-order valence-corrected chi connectivity index (χ0v) is 24.1. The molecule has 0 bridgehead atoms. The lowest BCUT2D eigenvalue weighted by atomic mass is 10.0. The molecule has 1 amide bonds. The maximum absolute atomic E-state index is 13.0. The van der Waals surface area contributed by atoms with Crippen molar-refractivity contribution in [2.24, 2.45) is 0 Å². The molecule has 0 saturated carbocycles. The average Bonchev–Trinajstić information content (AvgIpc) is 3.01. The molecule has 0 aliphatic carbocycles. The van der Waals surface area contributed by atoms with Crippen LogP contribution in [0.2, 0.25) is 5.02 Å². The summed E-state index contributed by atoms with van der Waals surface area (Å²) < 4.78 is 22.4. The van der Waals surface area contributed by atoms with Crippen LogP contribution < -0.4 is 24.3 Å². The van der Waals surface area contributed by atoms with Gasteiger partial charge in [-0.2, -0.15) is 0 Å². The average molecular weight is 598 g/mol. The molecule has 0 atom stereocenters. The number of ether oxygens (including phenoxy) is 4. The number of unbranched alkanes of at least 4 members (excludes halogenated alkanes) is 2. The zero-order valence-electron chi connectivity index (χ0n) is 23.3. The lowest BCUT2D eigenvalue weighted by Crippen LogP contribution is -2.31. The number of amides is 1. The van der Waals surface area contributed by atoms with Crippen LogP contribution in [-0.2, 0) is 27.6 Å². The van der Waals surface area contributed by atoms with Gasteiger partial charge in [-0.1, -0.05) is 42.3 Å². The topological polar surface area (TPSA) is 137 Å². The van der Waals surface area contributed by atoms with E-state index in [0.29, 0.717) is 36.5 Å². The predicted octanol–water partition coefficient (Wildman–Crippen LogP) is 5.03. The lowest BCUT2D eigenvalue weighted by molar-refractivity contribution is -0.150. The molecule has 0 aliphatic rings. The van der Waals surface area contributed by atoms with E-state index in [4.69, 9.17) is 35.7 Å². The van der Waals surface area contributed by atoms with Gasteiger partial charge in [0.15, 0.2) is 11.5 Å². The smallest absolute Gasteiger partial charge is 0.394 e. The molecule has 3 aromatic rings. The van der Waals surface area contributed by atoms with E-state index in [9.17, 15) is 19.2 Å². The number of hydrogen-bond donors (Lipinski definition) is 2. The van der Waals surface area contributed by atoms with Crippen LogP contribution in [0.4, 0.5) is 0 Å². The van der Waals surface area contributed by atoms with E-state index in [2.05, 4.69) is 5.32 Å². The number of carbonyl (C=O) groups excluding carboxylic acids is 3. The fraction of sp³-hybridized carbons (Fsp3) is 0.290. The second-order valence-electron chi connectivity index (χ2n) is 9.15. The Kier molecular flexibility index (Phi) is 12.2. The molecule has 0 radical (unpaired) electrons. The number of methoxy groups -OCH3 is 2. The highest BCUT2D eigenvalue weighted by atomic mass is 35.5. The van der Waals surface area contributed by atoms with Crippen molar-refractivity contribution in [3.8, 4) is 23.0 Å². The molecule has 42 heavy (non-hydrogen) atoms. The quantitative estimate of drug-likeness (QED) is 0.132. The van der Waals surface area contributed by atoms with Gasteiger partial charge in [-0.05, 0) is 60.4 Å². The molecule has 11 heteroatoms. The van der Waals surface area contributed by atoms with Gasteiger partial charge in [0.2, 0.25) is 11.6 Å². The number of carboxylic acid groups (broad SMARTS) is 1. The van der Waals surface area contributed by atoms with Crippen LogP contribution in [0.5, 0.6) is 23.0 Å². The van der Waals surface area contributed by atoms with Crippen molar-refractivity contribution in [1.29, 1.82) is 0 Å². The van der Waals surface area contributed by atoms with E-state index >= 15 is 0 Å². The second kappa shape index (κ2) is 16.0. The third-order valence-corrected chi connectivity index (χ3v) is 6.59. The molecule has 0 unspecified atom stereocenters. The molecule has 0 aromatic heterocycles. The number of aliphatic carboxylic acids is 1. The Morgan fingerprint density at radius 1 is 0.762 bits per heavy atom. The monoisotopic (exact) mass is 597 g/mol. The summed E-state index contributed by atoms with van der Waals surface area (Å²) in [5.41, 5.74) is 1.68. The van der Waals surface area contributed by atoms with Crippen LogP contribution in [0.15, 0.2) is 60.7 Å². The van der Waals surface area contributed by atoms with Crippen LogP contribution in [-0.4, -0.2) is 49.3 Å². The number of ketones is 2. The van der Waals surface area contributed by atoms with Gasteiger partial charge in [0.1, 0.15) is 24.7 Å². The van der Waals surface area contributed by atoms with E-state index in [1.807, 2.05) is 36.4 Å². The standard InChI is InChI=1S/C31H32ClNO9/c1-39-22-11-7-20(8-12-22)18-41-26-16-15-24(27(32)29(26)42-19-21-9-13-23(40-2)14-10-21)28(35)25(34)6-4-3-5-17-33-30(36)31(37)38/h7-16H,3-6,17-19H2,1-2H3,(H,33,36)(H,37,38). The Labute approximate surface area is 248 Å². The van der Waals surface area contributed by atoms with E-state index in [1.165, 1.54) is 6.07 Å². The van der Waals surface area contributed by atoms with Gasteiger partial charge in [-0.3, -0.25) is 14.4 Å². The Morgan fingerprint density at radius 3 is 1.88 bits per heavy atom. The zero-order chi connectivity index (χ0) is 30.5. The van der Waals surface area contributed by atoms with Gasteiger partial charge in [0.05, 0.1) is 19.2 Å².